The second kappa shape index (κ2) is 8.08. The second-order valence-electron chi connectivity index (χ2n) is 9.78. The average Bonchev–Trinajstić information content (AvgIpc) is 3.14. The number of hydrogen-bond acceptors (Lipinski definition) is 7. The van der Waals surface area contributed by atoms with Gasteiger partial charge in [0.05, 0.1) is 11.2 Å². The fraction of sp³-hybridized carbons (Fsp3) is 0.750. The molecule has 1 amide bonds. The number of likely N-dealkylation sites (tertiary alicyclic amines) is 1. The van der Waals surface area contributed by atoms with Gasteiger partial charge in [-0.15, -0.1) is 0 Å². The summed E-state index contributed by atoms with van der Waals surface area (Å²) in [5.41, 5.74) is -0.400. The lowest BCUT2D eigenvalue weighted by Gasteiger charge is -2.32. The van der Waals surface area contributed by atoms with Crippen LogP contribution in [0.25, 0.3) is 0 Å². The first-order valence-corrected chi connectivity index (χ1v) is 11.1. The first-order chi connectivity index (χ1) is 13.4. The van der Waals surface area contributed by atoms with Gasteiger partial charge >= 0.3 is 13.2 Å². The van der Waals surface area contributed by atoms with Crippen LogP contribution in [0.3, 0.4) is 0 Å². The average molecular weight is 421 g/mol. The zero-order valence-electron chi connectivity index (χ0n) is 18.5. The van der Waals surface area contributed by atoms with Crippen LogP contribution in [-0.2, 0) is 14.0 Å². The van der Waals surface area contributed by atoms with Crippen LogP contribution in [0.4, 0.5) is 4.79 Å². The van der Waals surface area contributed by atoms with Gasteiger partial charge < -0.3 is 18.9 Å². The van der Waals surface area contributed by atoms with E-state index in [4.69, 9.17) is 14.0 Å². The molecule has 160 valence electrons. The highest BCUT2D eigenvalue weighted by molar-refractivity contribution is 7.99. The third-order valence-corrected chi connectivity index (χ3v) is 6.67. The molecule has 1 aromatic rings. The second-order valence-corrected chi connectivity index (χ2v) is 10.8. The molecule has 1 aromatic heterocycles. The quantitative estimate of drug-likeness (QED) is 0.420. The van der Waals surface area contributed by atoms with Crippen molar-refractivity contribution in [3.05, 3.63) is 12.4 Å². The first-order valence-electron chi connectivity index (χ1n) is 10.1. The lowest BCUT2D eigenvalue weighted by atomic mass is 9.81. The van der Waals surface area contributed by atoms with E-state index in [0.29, 0.717) is 12.5 Å². The Balaban J connectivity index is 1.49. The van der Waals surface area contributed by atoms with E-state index < -0.39 is 12.7 Å². The van der Waals surface area contributed by atoms with E-state index in [1.165, 1.54) is 0 Å². The molecular weight excluding hydrogens is 389 g/mol. The Bertz CT molecular complexity index is 720. The lowest BCUT2D eigenvalue weighted by Crippen LogP contribution is -2.41. The summed E-state index contributed by atoms with van der Waals surface area (Å²) >= 11 is 1.61. The number of thioether (sulfide) groups is 1. The fourth-order valence-electron chi connectivity index (χ4n) is 3.15. The summed E-state index contributed by atoms with van der Waals surface area (Å²) in [4.78, 5) is 22.9. The maximum absolute atomic E-state index is 12.2. The van der Waals surface area contributed by atoms with Gasteiger partial charge in [-0.25, -0.2) is 14.8 Å². The van der Waals surface area contributed by atoms with Crippen LogP contribution in [0.15, 0.2) is 17.6 Å². The van der Waals surface area contributed by atoms with Gasteiger partial charge in [-0.2, -0.15) is 0 Å². The molecule has 0 saturated carbocycles. The molecule has 29 heavy (non-hydrogen) atoms. The Hall–Kier alpha value is -1.32. The molecule has 2 aliphatic rings. The summed E-state index contributed by atoms with van der Waals surface area (Å²) in [6.07, 6.45) is 4.30. The Morgan fingerprint density at radius 3 is 2.38 bits per heavy atom. The minimum Gasteiger partial charge on any atom is -0.444 e. The minimum absolute atomic E-state index is 0.229. The normalized spacial score (nSPS) is 23.5. The highest BCUT2D eigenvalue weighted by Crippen LogP contribution is 2.36. The van der Waals surface area contributed by atoms with Crippen molar-refractivity contribution in [2.24, 2.45) is 5.92 Å². The van der Waals surface area contributed by atoms with E-state index in [0.717, 1.165) is 29.3 Å². The Morgan fingerprint density at radius 2 is 1.83 bits per heavy atom. The van der Waals surface area contributed by atoms with Crippen molar-refractivity contribution in [3.63, 3.8) is 0 Å². The van der Waals surface area contributed by atoms with Crippen LogP contribution in [-0.4, -0.2) is 63.7 Å². The Labute approximate surface area is 178 Å². The molecule has 0 radical (unpaired) electrons. The lowest BCUT2D eigenvalue weighted by molar-refractivity contribution is 0.00578. The molecule has 2 fully saturated rings. The summed E-state index contributed by atoms with van der Waals surface area (Å²) in [7, 11) is -0.448. The number of rotatable bonds is 4. The van der Waals surface area contributed by atoms with Crippen molar-refractivity contribution < 1.29 is 18.8 Å². The number of aromatic nitrogens is 2. The van der Waals surface area contributed by atoms with Gasteiger partial charge in [0.1, 0.15) is 5.60 Å². The van der Waals surface area contributed by atoms with E-state index in [1.807, 2.05) is 48.5 Å². The highest BCUT2D eigenvalue weighted by atomic mass is 32.2. The van der Waals surface area contributed by atoms with Crippen LogP contribution < -0.4 is 5.46 Å². The molecular formula is C20H32BN3O4S. The minimum atomic E-state index is -0.462. The van der Waals surface area contributed by atoms with E-state index in [-0.39, 0.29) is 17.3 Å². The maximum Gasteiger partial charge on any atom is 0.498 e. The zero-order chi connectivity index (χ0) is 21.4. The number of carbonyl (C=O) groups excluding carboxylic acids is 1. The zero-order valence-corrected chi connectivity index (χ0v) is 19.3. The summed E-state index contributed by atoms with van der Waals surface area (Å²) in [6, 6.07) is 0. The topological polar surface area (TPSA) is 73.8 Å². The Kier molecular flexibility index (Phi) is 6.23. The molecule has 0 aromatic carbocycles. The van der Waals surface area contributed by atoms with E-state index >= 15 is 0 Å². The number of ether oxygens (including phenoxy) is 1. The number of amides is 1. The maximum atomic E-state index is 12.2. The number of hydrogen-bond donors (Lipinski definition) is 0. The first kappa shape index (κ1) is 22.4. The molecule has 0 bridgehead atoms. The molecule has 1 atom stereocenters. The van der Waals surface area contributed by atoms with Gasteiger partial charge in [0.15, 0.2) is 5.16 Å². The molecule has 0 unspecified atom stereocenters. The van der Waals surface area contributed by atoms with Crippen molar-refractivity contribution in [1.82, 2.24) is 14.9 Å². The van der Waals surface area contributed by atoms with Crippen molar-refractivity contribution >= 4 is 30.4 Å². The standard InChI is InChI=1S/C20H32BN3O4S/c1-18(2,3)26-17(25)24-9-8-14(12-24)13-29-16-22-10-15(11-23-16)21-27-19(4,5)20(6,7)28-21/h10-11,14H,8-9,12-13H2,1-7H3/t14-/m1/s1. The van der Waals surface area contributed by atoms with Crippen LogP contribution in [0.5, 0.6) is 0 Å². The van der Waals surface area contributed by atoms with E-state index in [1.54, 1.807) is 29.1 Å². The smallest absolute Gasteiger partial charge is 0.444 e. The van der Waals surface area contributed by atoms with Crippen molar-refractivity contribution in [3.8, 4) is 0 Å². The fourth-order valence-corrected chi connectivity index (χ4v) is 4.07. The molecule has 2 aliphatic heterocycles. The van der Waals surface area contributed by atoms with Gasteiger partial charge in [-0.1, -0.05) is 11.8 Å². The Morgan fingerprint density at radius 1 is 1.24 bits per heavy atom. The highest BCUT2D eigenvalue weighted by Gasteiger charge is 2.52. The molecule has 0 N–H and O–H groups in total. The molecule has 0 aliphatic carbocycles. The third-order valence-electron chi connectivity index (χ3n) is 5.56. The molecule has 3 rings (SSSR count). The predicted octanol–water partition coefficient (Wildman–Crippen LogP) is 3.12. The molecule has 2 saturated heterocycles. The van der Waals surface area contributed by atoms with Crippen LogP contribution in [0, 0.1) is 5.92 Å². The monoisotopic (exact) mass is 421 g/mol. The van der Waals surface area contributed by atoms with Gasteiger partial charge in [0.2, 0.25) is 0 Å². The van der Waals surface area contributed by atoms with E-state index in [2.05, 4.69) is 9.97 Å². The van der Waals surface area contributed by atoms with Crippen molar-refractivity contribution in [1.29, 1.82) is 0 Å². The summed E-state index contributed by atoms with van der Waals surface area (Å²) in [6.45, 7) is 15.2. The molecule has 7 nitrogen and oxygen atoms in total. The predicted molar refractivity (Wildman–Crippen MR) is 114 cm³/mol. The summed E-state index contributed by atoms with van der Waals surface area (Å²) in [5.74, 6) is 1.29. The van der Waals surface area contributed by atoms with Crippen molar-refractivity contribution in [2.75, 3.05) is 18.8 Å². The summed E-state index contributed by atoms with van der Waals surface area (Å²) in [5, 5.41) is 0.723. The van der Waals surface area contributed by atoms with Gasteiger partial charge in [0.25, 0.3) is 0 Å². The molecule has 0 spiro atoms. The van der Waals surface area contributed by atoms with Gasteiger partial charge in [0, 0.05) is 36.7 Å². The SMILES string of the molecule is CC(C)(C)OC(=O)N1CC[C@@H](CSc2ncc(B3OC(C)(C)C(C)(C)O3)cn2)C1. The van der Waals surface area contributed by atoms with Crippen LogP contribution in [0.1, 0.15) is 54.9 Å². The van der Waals surface area contributed by atoms with Crippen LogP contribution >= 0.6 is 11.8 Å². The summed E-state index contributed by atoms with van der Waals surface area (Å²) < 4.78 is 17.5. The number of carbonyl (C=O) groups is 1. The van der Waals surface area contributed by atoms with Gasteiger partial charge in [-0.3, -0.25) is 0 Å². The number of nitrogens with zero attached hydrogens (tertiary/aromatic N) is 3. The largest absolute Gasteiger partial charge is 0.498 e. The van der Waals surface area contributed by atoms with Crippen LogP contribution in [0.2, 0.25) is 0 Å². The third kappa shape index (κ3) is 5.44. The van der Waals surface area contributed by atoms with Crippen molar-refractivity contribution in [2.45, 2.75) is 76.8 Å². The molecule has 3 heterocycles. The van der Waals surface area contributed by atoms with E-state index in [9.17, 15) is 4.79 Å². The molecule has 9 heteroatoms. The van der Waals surface area contributed by atoms with Gasteiger partial charge in [-0.05, 0) is 60.8 Å².